The molecule has 0 radical (unpaired) electrons. The number of amidine groups is 1. The van der Waals surface area contributed by atoms with E-state index in [1.807, 2.05) is 11.9 Å². The maximum absolute atomic E-state index is 14.0. The number of hydrogen-bond acceptors (Lipinski definition) is 5. The molecule has 0 unspecified atom stereocenters. The van der Waals surface area contributed by atoms with E-state index in [1.165, 1.54) is 18.2 Å². The van der Waals surface area contributed by atoms with Gasteiger partial charge in [0.25, 0.3) is 0 Å². The van der Waals surface area contributed by atoms with Crippen LogP contribution < -0.4 is 5.32 Å². The molecule has 11 heteroatoms. The van der Waals surface area contributed by atoms with Gasteiger partial charge >= 0.3 is 6.18 Å². The number of halogens is 6. The average Bonchev–Trinajstić information content (AvgIpc) is 2.90. The number of hydrogen-bond donors (Lipinski definition) is 1. The van der Waals surface area contributed by atoms with Gasteiger partial charge in [-0.05, 0) is 50.2 Å². The van der Waals surface area contributed by atoms with E-state index < -0.39 is 17.6 Å². The van der Waals surface area contributed by atoms with Gasteiger partial charge in [-0.3, -0.25) is 4.90 Å². The number of rotatable bonds is 4. The molecule has 0 bridgehead atoms. The number of nitrogens with one attached hydrogen (secondary N) is 1. The summed E-state index contributed by atoms with van der Waals surface area (Å²) in [5.74, 6) is -0.0285. The van der Waals surface area contributed by atoms with Gasteiger partial charge in [0, 0.05) is 56.7 Å². The molecule has 1 saturated heterocycles. The van der Waals surface area contributed by atoms with E-state index in [4.69, 9.17) is 4.74 Å². The maximum atomic E-state index is 14.0. The molecule has 34 heavy (non-hydrogen) atoms. The Bertz CT molecular complexity index is 1020. The minimum atomic E-state index is -4.48. The van der Waals surface area contributed by atoms with Gasteiger partial charge in [-0.1, -0.05) is 0 Å². The lowest BCUT2D eigenvalue weighted by Gasteiger charge is -2.41. The fourth-order valence-electron chi connectivity index (χ4n) is 4.19. The number of nitrogens with zero attached hydrogens (tertiary/aromatic N) is 3. The molecule has 1 N–H and O–H groups in total. The second-order valence-corrected chi connectivity index (χ2v) is 8.20. The Balaban J connectivity index is 0.00000204. The number of anilines is 2. The van der Waals surface area contributed by atoms with Crippen molar-refractivity contribution in [1.29, 1.82) is 0 Å². The molecule has 2 aliphatic heterocycles. The van der Waals surface area contributed by atoms with Crippen LogP contribution in [0.5, 0.6) is 0 Å². The van der Waals surface area contributed by atoms with Crippen LogP contribution in [0.15, 0.2) is 41.4 Å². The van der Waals surface area contributed by atoms with Gasteiger partial charge in [0.05, 0.1) is 16.9 Å². The van der Waals surface area contributed by atoms with Gasteiger partial charge < -0.3 is 15.0 Å². The summed E-state index contributed by atoms with van der Waals surface area (Å²) in [5.41, 5.74) is 1.04. The van der Waals surface area contributed by atoms with Gasteiger partial charge in [-0.2, -0.15) is 13.2 Å². The van der Waals surface area contributed by atoms with Gasteiger partial charge in [-0.15, -0.1) is 24.8 Å². The van der Waals surface area contributed by atoms with Crippen LogP contribution in [0.25, 0.3) is 0 Å². The minimum Gasteiger partial charge on any atom is -0.385 e. The minimum absolute atomic E-state index is 0. The van der Waals surface area contributed by atoms with Crippen LogP contribution in [0, 0.1) is 5.82 Å². The number of likely N-dealkylation sites (N-methyl/N-ethyl adjacent to an activating group) is 1. The molecule has 4 rings (SSSR count). The molecule has 5 nitrogen and oxygen atoms in total. The van der Waals surface area contributed by atoms with E-state index in [0.29, 0.717) is 48.2 Å². The zero-order chi connectivity index (χ0) is 22.9. The molecular formula is C23H28Cl2F4N4O. The fourth-order valence-corrected chi connectivity index (χ4v) is 4.19. The molecule has 188 valence electrons. The van der Waals surface area contributed by atoms with Crippen molar-refractivity contribution < 1.29 is 22.3 Å². The van der Waals surface area contributed by atoms with Gasteiger partial charge in [-0.25, -0.2) is 9.38 Å². The largest absolute Gasteiger partial charge is 0.416 e. The zero-order valence-electron chi connectivity index (χ0n) is 18.9. The van der Waals surface area contributed by atoms with Crippen LogP contribution in [-0.4, -0.2) is 62.1 Å². The second kappa shape index (κ2) is 11.6. The van der Waals surface area contributed by atoms with Crippen LogP contribution in [0.3, 0.4) is 0 Å². The first-order valence-corrected chi connectivity index (χ1v) is 10.6. The van der Waals surface area contributed by atoms with Crippen LogP contribution in [0.1, 0.15) is 24.0 Å². The summed E-state index contributed by atoms with van der Waals surface area (Å²) in [4.78, 5) is 8.94. The van der Waals surface area contributed by atoms with E-state index in [9.17, 15) is 17.6 Å². The predicted octanol–water partition coefficient (Wildman–Crippen LogP) is 5.87. The summed E-state index contributed by atoms with van der Waals surface area (Å²) < 4.78 is 59.6. The van der Waals surface area contributed by atoms with Crippen molar-refractivity contribution >= 4 is 47.7 Å². The van der Waals surface area contributed by atoms with Crippen LogP contribution >= 0.6 is 24.8 Å². The number of piperazine rings is 1. The predicted molar refractivity (Wildman–Crippen MR) is 131 cm³/mol. The van der Waals surface area contributed by atoms with E-state index >= 15 is 0 Å². The Morgan fingerprint density at radius 1 is 1.09 bits per heavy atom. The lowest BCUT2D eigenvalue weighted by molar-refractivity contribution is -0.137. The van der Waals surface area contributed by atoms with Crippen molar-refractivity contribution in [2.45, 2.75) is 25.1 Å². The third kappa shape index (κ3) is 6.13. The maximum Gasteiger partial charge on any atom is 0.416 e. The molecule has 1 fully saturated rings. The van der Waals surface area contributed by atoms with E-state index in [1.54, 1.807) is 13.2 Å². The number of benzene rings is 2. The fraction of sp³-hybridized carbons (Fsp3) is 0.435. The van der Waals surface area contributed by atoms with Crippen molar-refractivity contribution in [2.75, 3.05) is 45.7 Å². The molecule has 2 aliphatic rings. The Hall–Kier alpha value is -2.07. The van der Waals surface area contributed by atoms with Gasteiger partial charge in [0.15, 0.2) is 0 Å². The topological polar surface area (TPSA) is 40.1 Å². The number of alkyl halides is 3. The van der Waals surface area contributed by atoms with Crippen molar-refractivity contribution in [3.63, 3.8) is 0 Å². The van der Waals surface area contributed by atoms with Crippen molar-refractivity contribution in [1.82, 2.24) is 9.80 Å². The first-order valence-electron chi connectivity index (χ1n) is 10.6. The van der Waals surface area contributed by atoms with Crippen molar-refractivity contribution in [3.05, 3.63) is 53.3 Å². The number of fused-ring (bicyclic) bond motifs is 2. The summed E-state index contributed by atoms with van der Waals surface area (Å²) in [6.45, 7) is 2.61. The van der Waals surface area contributed by atoms with Crippen LogP contribution in [0.2, 0.25) is 0 Å². The zero-order valence-corrected chi connectivity index (χ0v) is 20.5. The lowest BCUT2D eigenvalue weighted by atomic mass is 10.0. The summed E-state index contributed by atoms with van der Waals surface area (Å²) in [6, 6.07) is 7.95. The molecule has 0 saturated carbocycles. The van der Waals surface area contributed by atoms with Crippen LogP contribution in [0.4, 0.5) is 34.6 Å². The van der Waals surface area contributed by atoms with Gasteiger partial charge in [0.2, 0.25) is 0 Å². The van der Waals surface area contributed by atoms with Crippen molar-refractivity contribution in [2.24, 2.45) is 4.99 Å². The number of aliphatic imine (C=N–C) groups is 1. The highest BCUT2D eigenvalue weighted by Crippen LogP contribution is 2.38. The second-order valence-electron chi connectivity index (χ2n) is 8.20. The molecule has 2 heterocycles. The van der Waals surface area contributed by atoms with Crippen LogP contribution in [-0.2, 0) is 10.9 Å². The molecule has 0 amide bonds. The first kappa shape index (κ1) is 28.2. The number of methoxy groups -OCH3 is 1. The highest BCUT2D eigenvalue weighted by Gasteiger charge is 2.34. The molecule has 0 spiro atoms. The van der Waals surface area contributed by atoms with Crippen molar-refractivity contribution in [3.8, 4) is 0 Å². The highest BCUT2D eigenvalue weighted by atomic mass is 35.5. The Morgan fingerprint density at radius 3 is 2.53 bits per heavy atom. The monoisotopic (exact) mass is 522 g/mol. The smallest absolute Gasteiger partial charge is 0.385 e. The lowest BCUT2D eigenvalue weighted by Crippen LogP contribution is -2.53. The average molecular weight is 523 g/mol. The molecule has 2 aromatic carbocycles. The third-order valence-electron chi connectivity index (χ3n) is 6.01. The third-order valence-corrected chi connectivity index (χ3v) is 6.01. The molecule has 0 aromatic heterocycles. The number of ether oxygens (including phenoxy) is 1. The Kier molecular flexibility index (Phi) is 9.59. The van der Waals surface area contributed by atoms with E-state index in [-0.39, 0.29) is 30.9 Å². The molecule has 2 aromatic rings. The summed E-state index contributed by atoms with van der Waals surface area (Å²) in [7, 11) is 3.71. The summed E-state index contributed by atoms with van der Waals surface area (Å²) in [6.07, 6.45) is -2.69. The summed E-state index contributed by atoms with van der Waals surface area (Å²) >= 11 is 0. The van der Waals surface area contributed by atoms with E-state index in [2.05, 4.69) is 15.2 Å². The first-order chi connectivity index (χ1) is 15.3. The Labute approximate surface area is 209 Å². The molecular weight excluding hydrogens is 495 g/mol. The van der Waals surface area contributed by atoms with Gasteiger partial charge in [0.1, 0.15) is 11.7 Å². The quantitative estimate of drug-likeness (QED) is 0.403. The highest BCUT2D eigenvalue weighted by molar-refractivity contribution is 6.08. The summed E-state index contributed by atoms with van der Waals surface area (Å²) in [5, 5.41) is 3.14. The normalized spacial score (nSPS) is 17.9. The Morgan fingerprint density at radius 2 is 1.82 bits per heavy atom. The SMILES string of the molecule is COCCC[C@H]1CN(C2=Nc3cc(F)ccc3Nc3ccc(C(F)(F)F)cc32)CCN1C.Cl.Cl. The molecule has 0 aliphatic carbocycles. The van der Waals surface area contributed by atoms with E-state index in [0.717, 1.165) is 31.5 Å². The molecule has 1 atom stereocenters. The standard InChI is InChI=1S/C23H26F4N4O.2ClH/c1-30-9-10-31(14-17(30)4-3-11-32-2)22-18-12-15(23(25,26)27)5-7-19(18)28-20-8-6-16(24)13-21(20)29-22;;/h5-8,12-13,17,28H,3-4,9-11,14H2,1-2H3;2*1H/t17-;;/m0../s1.